The molecule has 0 amide bonds. The normalized spacial score (nSPS) is 25.1. The summed E-state index contributed by atoms with van der Waals surface area (Å²) < 4.78 is 0. The lowest BCUT2D eigenvalue weighted by molar-refractivity contribution is 0.170. The second kappa shape index (κ2) is 4.34. The molecule has 1 fully saturated rings. The molecule has 0 aliphatic carbocycles. The van der Waals surface area contributed by atoms with E-state index in [0.29, 0.717) is 17.7 Å². The number of hydrogen-bond donors (Lipinski definition) is 2. The number of aromatic nitrogens is 4. The molecular formula is C12H19N7. The molecule has 0 saturated carbocycles. The molecule has 3 rings (SSSR count). The van der Waals surface area contributed by atoms with Crippen molar-refractivity contribution in [2.75, 3.05) is 30.8 Å². The zero-order valence-corrected chi connectivity index (χ0v) is 11.5. The van der Waals surface area contributed by atoms with Gasteiger partial charge in [0.1, 0.15) is 5.52 Å². The second-order valence-electron chi connectivity index (χ2n) is 5.28. The van der Waals surface area contributed by atoms with Crippen molar-refractivity contribution >= 4 is 22.9 Å². The summed E-state index contributed by atoms with van der Waals surface area (Å²) >= 11 is 0. The summed E-state index contributed by atoms with van der Waals surface area (Å²) in [6.45, 7) is 6.28. The van der Waals surface area contributed by atoms with E-state index in [9.17, 15) is 0 Å². The molecule has 3 N–H and O–H groups in total. The molecule has 0 bridgehead atoms. The van der Waals surface area contributed by atoms with Crippen LogP contribution < -0.4 is 10.6 Å². The molecule has 102 valence electrons. The van der Waals surface area contributed by atoms with Crippen LogP contribution in [0.2, 0.25) is 0 Å². The molecule has 2 atom stereocenters. The summed E-state index contributed by atoms with van der Waals surface area (Å²) in [5.41, 5.74) is 7.26. The van der Waals surface area contributed by atoms with Crippen LogP contribution in [0.1, 0.15) is 13.8 Å². The van der Waals surface area contributed by atoms with E-state index in [2.05, 4.69) is 50.6 Å². The number of H-pyrrole nitrogens is 1. The predicted octanol–water partition coefficient (Wildman–Crippen LogP) is 0.464. The van der Waals surface area contributed by atoms with Crippen LogP contribution in [-0.2, 0) is 0 Å². The van der Waals surface area contributed by atoms with Gasteiger partial charge in [-0.1, -0.05) is 0 Å². The molecule has 0 radical (unpaired) electrons. The van der Waals surface area contributed by atoms with E-state index in [0.717, 1.165) is 24.4 Å². The minimum Gasteiger partial charge on any atom is -0.368 e. The Labute approximate surface area is 111 Å². The highest BCUT2D eigenvalue weighted by molar-refractivity contribution is 5.84. The first kappa shape index (κ1) is 12.2. The number of nitrogens with zero attached hydrogens (tertiary/aromatic N) is 5. The zero-order chi connectivity index (χ0) is 13.6. The van der Waals surface area contributed by atoms with Crippen LogP contribution in [-0.4, -0.2) is 57.1 Å². The molecule has 1 aliphatic rings. The molecular weight excluding hydrogens is 242 g/mol. The van der Waals surface area contributed by atoms with Gasteiger partial charge in [0.05, 0.1) is 6.33 Å². The van der Waals surface area contributed by atoms with Crippen molar-refractivity contribution in [1.82, 2.24) is 24.8 Å². The summed E-state index contributed by atoms with van der Waals surface area (Å²) in [7, 11) is 2.16. The highest BCUT2D eigenvalue weighted by atomic mass is 15.3. The van der Waals surface area contributed by atoms with Gasteiger partial charge in [0, 0.05) is 25.2 Å². The minimum absolute atomic E-state index is 0.272. The molecule has 7 nitrogen and oxygen atoms in total. The van der Waals surface area contributed by atoms with Gasteiger partial charge in [0.15, 0.2) is 11.5 Å². The van der Waals surface area contributed by atoms with Crippen molar-refractivity contribution in [2.45, 2.75) is 25.9 Å². The van der Waals surface area contributed by atoms with Crippen LogP contribution in [0, 0.1) is 0 Å². The van der Waals surface area contributed by atoms with Crippen molar-refractivity contribution in [3.05, 3.63) is 6.33 Å². The van der Waals surface area contributed by atoms with Gasteiger partial charge in [-0.25, -0.2) is 4.98 Å². The third kappa shape index (κ3) is 1.99. The van der Waals surface area contributed by atoms with E-state index in [1.54, 1.807) is 6.33 Å². The maximum atomic E-state index is 5.77. The van der Waals surface area contributed by atoms with Crippen LogP contribution in [0.3, 0.4) is 0 Å². The van der Waals surface area contributed by atoms with E-state index in [1.165, 1.54) is 0 Å². The first-order valence-corrected chi connectivity index (χ1v) is 6.49. The van der Waals surface area contributed by atoms with Crippen molar-refractivity contribution in [1.29, 1.82) is 0 Å². The lowest BCUT2D eigenvalue weighted by Crippen LogP contribution is -2.55. The van der Waals surface area contributed by atoms with Crippen molar-refractivity contribution in [3.8, 4) is 0 Å². The van der Waals surface area contributed by atoms with E-state index in [1.807, 2.05) is 0 Å². The smallest absolute Gasteiger partial charge is 0.224 e. The molecule has 2 unspecified atom stereocenters. The molecule has 2 aromatic rings. The highest BCUT2D eigenvalue weighted by Crippen LogP contribution is 2.25. The molecule has 3 heterocycles. The monoisotopic (exact) mass is 261 g/mol. The number of nitrogen functional groups attached to an aromatic ring is 1. The van der Waals surface area contributed by atoms with Crippen molar-refractivity contribution in [3.63, 3.8) is 0 Å². The fraction of sp³-hybridized carbons (Fsp3) is 0.583. The standard InChI is InChI=1S/C12H19N7/c1-7-4-19(5-8(2)18(7)3)11-9-10(15-6-14-9)16-12(13)17-11/h6-8H,4-5H2,1-3H3,(H3,13,14,15,16,17). The number of hydrogen-bond acceptors (Lipinski definition) is 6. The van der Waals surface area contributed by atoms with Gasteiger partial charge in [-0.15, -0.1) is 0 Å². The minimum atomic E-state index is 0.272. The number of nitrogens with one attached hydrogen (secondary N) is 1. The summed E-state index contributed by atoms with van der Waals surface area (Å²) in [4.78, 5) is 20.4. The largest absolute Gasteiger partial charge is 0.368 e. The Hall–Kier alpha value is -1.89. The van der Waals surface area contributed by atoms with E-state index in [-0.39, 0.29) is 5.95 Å². The summed E-state index contributed by atoms with van der Waals surface area (Å²) in [6.07, 6.45) is 1.63. The number of piperazine rings is 1. The average Bonchev–Trinajstić information content (AvgIpc) is 2.82. The van der Waals surface area contributed by atoms with Gasteiger partial charge in [-0.05, 0) is 20.9 Å². The Balaban J connectivity index is 2.02. The Morgan fingerprint density at radius 1 is 1.26 bits per heavy atom. The first-order valence-electron chi connectivity index (χ1n) is 6.49. The van der Waals surface area contributed by atoms with Crippen LogP contribution >= 0.6 is 0 Å². The average molecular weight is 261 g/mol. The SMILES string of the molecule is CC1CN(c2nc(N)nc3nc[nH]c23)CC(C)N1C. The lowest BCUT2D eigenvalue weighted by Gasteiger charge is -2.42. The molecule has 2 aromatic heterocycles. The molecule has 0 aromatic carbocycles. The first-order chi connectivity index (χ1) is 9.06. The zero-order valence-electron chi connectivity index (χ0n) is 11.5. The van der Waals surface area contributed by atoms with Gasteiger partial charge in [-0.2, -0.15) is 9.97 Å². The van der Waals surface area contributed by atoms with E-state index >= 15 is 0 Å². The molecule has 1 aliphatic heterocycles. The van der Waals surface area contributed by atoms with Gasteiger partial charge in [0.25, 0.3) is 0 Å². The van der Waals surface area contributed by atoms with Gasteiger partial charge < -0.3 is 15.6 Å². The number of aromatic amines is 1. The quantitative estimate of drug-likeness (QED) is 0.775. The topological polar surface area (TPSA) is 87.0 Å². The molecule has 19 heavy (non-hydrogen) atoms. The number of rotatable bonds is 1. The number of imidazole rings is 1. The number of likely N-dealkylation sites (N-methyl/N-ethyl adjacent to an activating group) is 1. The Morgan fingerprint density at radius 2 is 1.95 bits per heavy atom. The lowest BCUT2D eigenvalue weighted by atomic mass is 10.1. The van der Waals surface area contributed by atoms with Gasteiger partial charge in [-0.3, -0.25) is 4.90 Å². The molecule has 1 saturated heterocycles. The number of anilines is 2. The van der Waals surface area contributed by atoms with E-state index < -0.39 is 0 Å². The van der Waals surface area contributed by atoms with Crippen LogP contribution in [0.15, 0.2) is 6.33 Å². The Kier molecular flexibility index (Phi) is 2.78. The molecule has 0 spiro atoms. The maximum Gasteiger partial charge on any atom is 0.224 e. The maximum absolute atomic E-state index is 5.77. The van der Waals surface area contributed by atoms with Crippen LogP contribution in [0.4, 0.5) is 11.8 Å². The summed E-state index contributed by atoms with van der Waals surface area (Å²) in [5.74, 6) is 1.13. The number of fused-ring (bicyclic) bond motifs is 1. The third-order valence-corrected chi connectivity index (χ3v) is 3.94. The summed E-state index contributed by atoms with van der Waals surface area (Å²) in [5, 5.41) is 0. The van der Waals surface area contributed by atoms with E-state index in [4.69, 9.17) is 5.73 Å². The third-order valence-electron chi connectivity index (χ3n) is 3.94. The van der Waals surface area contributed by atoms with Crippen molar-refractivity contribution in [2.24, 2.45) is 0 Å². The van der Waals surface area contributed by atoms with Gasteiger partial charge >= 0.3 is 0 Å². The Bertz CT molecular complexity index is 581. The summed E-state index contributed by atoms with van der Waals surface area (Å²) in [6, 6.07) is 0.941. The Morgan fingerprint density at radius 3 is 2.63 bits per heavy atom. The molecule has 7 heteroatoms. The fourth-order valence-corrected chi connectivity index (χ4v) is 2.64. The van der Waals surface area contributed by atoms with Crippen LogP contribution in [0.5, 0.6) is 0 Å². The second-order valence-corrected chi connectivity index (χ2v) is 5.28. The predicted molar refractivity (Wildman–Crippen MR) is 75.0 cm³/mol. The number of nitrogens with two attached hydrogens (primary N) is 1. The van der Waals surface area contributed by atoms with Crippen LogP contribution in [0.25, 0.3) is 11.2 Å². The van der Waals surface area contributed by atoms with Gasteiger partial charge in [0.2, 0.25) is 5.95 Å². The fourth-order valence-electron chi connectivity index (χ4n) is 2.64. The van der Waals surface area contributed by atoms with Crippen molar-refractivity contribution < 1.29 is 0 Å². The highest BCUT2D eigenvalue weighted by Gasteiger charge is 2.28.